The minimum atomic E-state index is -0.337. The van der Waals surface area contributed by atoms with Gasteiger partial charge >= 0.3 is 5.97 Å². The normalized spacial score (nSPS) is 11.8. The molecule has 1 heterocycles. The molecule has 0 saturated heterocycles. The summed E-state index contributed by atoms with van der Waals surface area (Å²) in [7, 11) is 3.99. The monoisotopic (exact) mass is 418 g/mol. The first-order valence-electron chi connectivity index (χ1n) is 10.5. The van der Waals surface area contributed by atoms with E-state index in [4.69, 9.17) is 4.74 Å². The number of aromatic nitrogens is 1. The van der Waals surface area contributed by atoms with Gasteiger partial charge in [-0.1, -0.05) is 42.5 Å². The molecule has 1 N–H and O–H groups in total. The maximum Gasteiger partial charge on any atom is 0.340 e. The van der Waals surface area contributed by atoms with Crippen LogP contribution in [0, 0.1) is 13.8 Å². The number of hydrogen-bond donors (Lipinski definition) is 1. The highest BCUT2D eigenvalue weighted by Crippen LogP contribution is 2.34. The topological polar surface area (TPSA) is 62.4 Å². The fourth-order valence-corrected chi connectivity index (χ4v) is 3.95. The van der Waals surface area contributed by atoms with E-state index in [9.17, 15) is 9.59 Å². The lowest BCUT2D eigenvalue weighted by atomic mass is 9.87. The lowest BCUT2D eigenvalue weighted by molar-refractivity contribution is 0.0525. The highest BCUT2D eigenvalue weighted by molar-refractivity contribution is 5.97. The summed E-state index contributed by atoms with van der Waals surface area (Å²) in [5.74, 6) is -0.478. The Kier molecular flexibility index (Phi) is 6.95. The van der Waals surface area contributed by atoms with Crippen molar-refractivity contribution < 1.29 is 14.3 Å². The average Bonchev–Trinajstić information content (AvgIpc) is 3.06. The zero-order valence-corrected chi connectivity index (χ0v) is 18.9. The quantitative estimate of drug-likeness (QED) is 0.399. The molecule has 1 unspecified atom stereocenters. The van der Waals surface area contributed by atoms with Gasteiger partial charge in [0.25, 0.3) is 0 Å². The number of H-pyrrole nitrogens is 1. The van der Waals surface area contributed by atoms with Crippen molar-refractivity contribution in [3.8, 4) is 0 Å². The van der Waals surface area contributed by atoms with E-state index in [0.717, 1.165) is 28.2 Å². The number of carbonyl (C=O) groups excluding carboxylic acids is 2. The lowest BCUT2D eigenvalue weighted by Crippen LogP contribution is -2.12. The first kappa shape index (κ1) is 22.3. The van der Waals surface area contributed by atoms with E-state index in [1.807, 2.05) is 75.3 Å². The number of rotatable bonds is 8. The van der Waals surface area contributed by atoms with E-state index in [0.29, 0.717) is 24.2 Å². The molecule has 2 aromatic carbocycles. The highest BCUT2D eigenvalue weighted by Gasteiger charge is 2.27. The smallest absolute Gasteiger partial charge is 0.340 e. The zero-order chi connectivity index (χ0) is 22.5. The molecule has 0 aliphatic rings. The van der Waals surface area contributed by atoms with Crippen molar-refractivity contribution in [3.05, 3.63) is 88.2 Å². The maximum absolute atomic E-state index is 13.1. The second-order valence-corrected chi connectivity index (χ2v) is 7.92. The molecule has 162 valence electrons. The molecule has 1 atom stereocenters. The van der Waals surface area contributed by atoms with Gasteiger partial charge in [-0.05, 0) is 44.0 Å². The molecular weight excluding hydrogens is 388 g/mol. The van der Waals surface area contributed by atoms with Gasteiger partial charge in [0, 0.05) is 49.1 Å². The van der Waals surface area contributed by atoms with Gasteiger partial charge in [-0.15, -0.1) is 0 Å². The largest absolute Gasteiger partial charge is 0.462 e. The van der Waals surface area contributed by atoms with Gasteiger partial charge in [0.15, 0.2) is 5.78 Å². The lowest BCUT2D eigenvalue weighted by Gasteiger charge is -2.19. The molecule has 0 aliphatic heterocycles. The predicted octanol–water partition coefficient (Wildman–Crippen LogP) is 5.28. The number of ketones is 1. The van der Waals surface area contributed by atoms with Crippen LogP contribution in [0.4, 0.5) is 5.69 Å². The van der Waals surface area contributed by atoms with Gasteiger partial charge in [0.05, 0.1) is 12.2 Å². The number of carbonyl (C=O) groups is 2. The molecular formula is C26H30N2O3. The zero-order valence-electron chi connectivity index (χ0n) is 18.9. The molecule has 31 heavy (non-hydrogen) atoms. The van der Waals surface area contributed by atoms with Crippen LogP contribution in [0.5, 0.6) is 0 Å². The van der Waals surface area contributed by atoms with E-state index in [-0.39, 0.29) is 17.7 Å². The summed E-state index contributed by atoms with van der Waals surface area (Å²) in [6.45, 7) is 5.90. The first-order valence-corrected chi connectivity index (χ1v) is 10.5. The third kappa shape index (κ3) is 4.88. The van der Waals surface area contributed by atoms with Gasteiger partial charge in [-0.3, -0.25) is 4.79 Å². The Hall–Kier alpha value is -3.34. The number of nitrogens with zero attached hydrogens (tertiary/aromatic N) is 1. The van der Waals surface area contributed by atoms with Crippen molar-refractivity contribution in [2.75, 3.05) is 25.6 Å². The number of anilines is 1. The third-order valence-electron chi connectivity index (χ3n) is 5.60. The van der Waals surface area contributed by atoms with Crippen LogP contribution >= 0.6 is 0 Å². The summed E-state index contributed by atoms with van der Waals surface area (Å²) in [4.78, 5) is 31.0. The van der Waals surface area contributed by atoms with Crippen molar-refractivity contribution in [3.63, 3.8) is 0 Å². The predicted molar refractivity (Wildman–Crippen MR) is 124 cm³/mol. The third-order valence-corrected chi connectivity index (χ3v) is 5.60. The van der Waals surface area contributed by atoms with Gasteiger partial charge in [-0.25, -0.2) is 4.79 Å². The van der Waals surface area contributed by atoms with Crippen molar-refractivity contribution in [2.24, 2.45) is 0 Å². The molecule has 1 aromatic heterocycles. The number of Topliss-reactive ketones (excluding diaryl/α,β-unsaturated/α-hetero) is 1. The Morgan fingerprint density at radius 1 is 1.00 bits per heavy atom. The van der Waals surface area contributed by atoms with Crippen LogP contribution in [0.3, 0.4) is 0 Å². The summed E-state index contributed by atoms with van der Waals surface area (Å²) in [5, 5.41) is 0. The Morgan fingerprint density at radius 2 is 1.65 bits per heavy atom. The maximum atomic E-state index is 13.1. The second-order valence-electron chi connectivity index (χ2n) is 7.92. The number of aromatic amines is 1. The van der Waals surface area contributed by atoms with E-state index < -0.39 is 0 Å². The van der Waals surface area contributed by atoms with E-state index in [1.165, 1.54) is 0 Å². The number of benzene rings is 2. The fraction of sp³-hybridized carbons (Fsp3) is 0.308. The number of nitrogens with one attached hydrogen (secondary N) is 1. The molecule has 0 fully saturated rings. The van der Waals surface area contributed by atoms with Gasteiger partial charge in [0.1, 0.15) is 0 Å². The van der Waals surface area contributed by atoms with Crippen molar-refractivity contribution >= 4 is 17.4 Å². The molecule has 5 heteroatoms. The molecule has 3 rings (SSSR count). The highest BCUT2D eigenvalue weighted by atomic mass is 16.5. The van der Waals surface area contributed by atoms with Gasteiger partial charge in [0.2, 0.25) is 0 Å². The molecule has 0 aliphatic carbocycles. The van der Waals surface area contributed by atoms with Crippen LogP contribution in [-0.2, 0) is 4.74 Å². The molecule has 0 bridgehead atoms. The minimum Gasteiger partial charge on any atom is -0.462 e. The van der Waals surface area contributed by atoms with Crippen molar-refractivity contribution in [1.82, 2.24) is 4.98 Å². The number of esters is 1. The van der Waals surface area contributed by atoms with E-state index >= 15 is 0 Å². The molecule has 0 radical (unpaired) electrons. The molecule has 5 nitrogen and oxygen atoms in total. The molecule has 3 aromatic rings. The van der Waals surface area contributed by atoms with Crippen molar-refractivity contribution in [1.29, 1.82) is 0 Å². The molecule has 0 spiro atoms. The summed E-state index contributed by atoms with van der Waals surface area (Å²) < 4.78 is 5.25. The Labute approximate surface area is 184 Å². The van der Waals surface area contributed by atoms with Crippen LogP contribution in [0.2, 0.25) is 0 Å². The number of hydrogen-bond acceptors (Lipinski definition) is 4. The molecule has 0 amide bonds. The van der Waals surface area contributed by atoms with E-state index in [1.54, 1.807) is 6.92 Å². The average molecular weight is 419 g/mol. The summed E-state index contributed by atoms with van der Waals surface area (Å²) in [5.41, 5.74) is 5.81. The minimum absolute atomic E-state index is 0.0617. The van der Waals surface area contributed by atoms with Gasteiger partial charge in [-0.2, -0.15) is 0 Å². The summed E-state index contributed by atoms with van der Waals surface area (Å²) >= 11 is 0. The first-order chi connectivity index (χ1) is 14.8. The van der Waals surface area contributed by atoms with E-state index in [2.05, 4.69) is 17.1 Å². The number of aryl methyl sites for hydroxylation is 1. The SMILES string of the molecule is CCOC(=O)c1c(C)[nH]c(C(CC(=O)c2ccccc2)c2ccc(N(C)C)cc2)c1C. The van der Waals surface area contributed by atoms with Gasteiger partial charge < -0.3 is 14.6 Å². The fourth-order valence-electron chi connectivity index (χ4n) is 3.95. The van der Waals surface area contributed by atoms with Crippen LogP contribution in [0.15, 0.2) is 54.6 Å². The Morgan fingerprint density at radius 3 is 2.23 bits per heavy atom. The Bertz CT molecular complexity index is 1050. The van der Waals surface area contributed by atoms with Crippen molar-refractivity contribution in [2.45, 2.75) is 33.1 Å². The Balaban J connectivity index is 2.05. The van der Waals surface area contributed by atoms with Crippen LogP contribution in [0.1, 0.15) is 62.5 Å². The van der Waals surface area contributed by atoms with Crippen LogP contribution in [0.25, 0.3) is 0 Å². The second kappa shape index (κ2) is 9.65. The molecule has 0 saturated carbocycles. The summed E-state index contributed by atoms with van der Waals surface area (Å²) in [6, 6.07) is 17.5. The van der Waals surface area contributed by atoms with Crippen LogP contribution in [-0.4, -0.2) is 37.4 Å². The number of ether oxygens (including phenoxy) is 1. The standard InChI is InChI=1S/C26H30N2O3/c1-6-31-26(30)24-17(2)25(27-18(24)3)22(16-23(29)20-10-8-7-9-11-20)19-12-14-21(15-13-19)28(4)5/h7-15,22,27H,6,16H2,1-5H3. The summed E-state index contributed by atoms with van der Waals surface area (Å²) in [6.07, 6.45) is 0.300. The van der Waals surface area contributed by atoms with Crippen LogP contribution < -0.4 is 4.90 Å².